The molecule has 4 N–H and O–H groups in total. The zero-order valence-electron chi connectivity index (χ0n) is 56.5. The number of fused-ring (bicyclic) bond motifs is 4. The van der Waals surface area contributed by atoms with Crippen molar-refractivity contribution >= 4 is 89.2 Å². The Kier molecular flexibility index (Phi) is 20.6. The van der Waals surface area contributed by atoms with E-state index in [2.05, 4.69) is 165 Å². The van der Waals surface area contributed by atoms with E-state index in [9.17, 15) is 19.2 Å². The molecule has 0 amide bonds. The number of aromatic amines is 4. The molecule has 8 aromatic carbocycles. The first-order valence-corrected chi connectivity index (χ1v) is 34.0. The molecule has 0 saturated carbocycles. The van der Waals surface area contributed by atoms with Crippen LogP contribution in [-0.2, 0) is 25.7 Å². The first-order chi connectivity index (χ1) is 48.8. The van der Waals surface area contributed by atoms with Crippen molar-refractivity contribution in [1.29, 1.82) is 0 Å². The van der Waals surface area contributed by atoms with Gasteiger partial charge in [0.25, 0.3) is 22.2 Å². The highest BCUT2D eigenvalue weighted by molar-refractivity contribution is 5.98. The molecule has 496 valence electrons. The summed E-state index contributed by atoms with van der Waals surface area (Å²) in [5, 5.41) is 2.53. The number of nitrogens with zero attached hydrogens (tertiary/aromatic N) is 8. The van der Waals surface area contributed by atoms with Crippen LogP contribution in [0.5, 0.6) is 0 Å². The molecule has 100 heavy (non-hydrogen) atoms. The quantitative estimate of drug-likeness (QED) is 0.0725. The van der Waals surface area contributed by atoms with Gasteiger partial charge in [-0.15, -0.1) is 0 Å². The Labute approximate surface area is 578 Å². The number of aryl methyl sites for hydroxylation is 8. The van der Waals surface area contributed by atoms with Crippen molar-refractivity contribution in [3.8, 4) is 0 Å². The maximum atomic E-state index is 12.1. The molecule has 4 aliphatic heterocycles. The summed E-state index contributed by atoms with van der Waals surface area (Å²) in [7, 11) is 0. The Morgan fingerprint density at radius 3 is 0.950 bits per heavy atom. The third-order valence-corrected chi connectivity index (χ3v) is 18.0. The van der Waals surface area contributed by atoms with Crippen LogP contribution in [0.4, 0.5) is 0 Å². The van der Waals surface area contributed by atoms with Crippen molar-refractivity contribution in [2.45, 2.75) is 105 Å². The summed E-state index contributed by atoms with van der Waals surface area (Å²) in [6, 6.07) is 63.1. The maximum absolute atomic E-state index is 12.1. The molecule has 16 nitrogen and oxygen atoms in total. The van der Waals surface area contributed by atoms with Gasteiger partial charge in [0.15, 0.2) is 0 Å². The van der Waals surface area contributed by atoms with Crippen LogP contribution in [0.1, 0.15) is 119 Å². The summed E-state index contributed by atoms with van der Waals surface area (Å²) in [4.78, 5) is 97.4. The van der Waals surface area contributed by atoms with Crippen LogP contribution in [0.15, 0.2) is 258 Å². The van der Waals surface area contributed by atoms with Crippen LogP contribution in [0.25, 0.3) is 66.4 Å². The zero-order valence-corrected chi connectivity index (χ0v) is 56.5. The number of allylic oxidation sites excluding steroid dienone is 4. The van der Waals surface area contributed by atoms with Crippen molar-refractivity contribution in [2.75, 3.05) is 0 Å². The molecule has 0 unspecified atom stereocenters. The third-order valence-electron chi connectivity index (χ3n) is 18.0. The van der Waals surface area contributed by atoms with Gasteiger partial charge in [-0.3, -0.25) is 39.1 Å². The molecule has 0 atom stereocenters. The minimum Gasteiger partial charge on any atom is -0.310 e. The molecule has 0 spiro atoms. The predicted molar refractivity (Wildman–Crippen MR) is 408 cm³/mol. The zero-order chi connectivity index (χ0) is 68.9. The van der Waals surface area contributed by atoms with Gasteiger partial charge in [0, 0.05) is 90.9 Å². The van der Waals surface area contributed by atoms with E-state index in [4.69, 9.17) is 20.0 Å². The lowest BCUT2D eigenvalue weighted by Gasteiger charge is -2.04. The van der Waals surface area contributed by atoms with Gasteiger partial charge in [0.2, 0.25) is 0 Å². The highest BCUT2D eigenvalue weighted by atomic mass is 16.1. The van der Waals surface area contributed by atoms with Gasteiger partial charge in [-0.05, 0) is 125 Å². The van der Waals surface area contributed by atoms with E-state index in [1.165, 1.54) is 33.4 Å². The van der Waals surface area contributed by atoms with Gasteiger partial charge in [-0.1, -0.05) is 175 Å². The molecule has 16 rings (SSSR count). The molecular weight excluding hydrogens is 1240 g/mol. The fourth-order valence-electron chi connectivity index (χ4n) is 12.6. The molecule has 4 aliphatic rings. The van der Waals surface area contributed by atoms with E-state index in [1.54, 1.807) is 24.3 Å². The summed E-state index contributed by atoms with van der Waals surface area (Å²) in [6.07, 6.45) is 18.1. The normalized spacial score (nSPS) is 13.8. The van der Waals surface area contributed by atoms with Crippen molar-refractivity contribution in [2.24, 2.45) is 20.0 Å². The summed E-state index contributed by atoms with van der Waals surface area (Å²) in [6.45, 7) is 8.38. The van der Waals surface area contributed by atoms with Crippen molar-refractivity contribution < 1.29 is 0 Å². The second-order valence-corrected chi connectivity index (χ2v) is 25.4. The minimum atomic E-state index is -0.0765. The Morgan fingerprint density at radius 2 is 0.600 bits per heavy atom. The average Bonchev–Trinajstić information content (AvgIpc) is 1.54. The van der Waals surface area contributed by atoms with Crippen LogP contribution in [-0.4, -0.2) is 62.7 Å². The predicted octanol–water partition coefficient (Wildman–Crippen LogP) is 16.2. The molecule has 4 aromatic heterocycles. The Bertz CT molecular complexity index is 5430. The number of H-pyrrole nitrogens is 4. The van der Waals surface area contributed by atoms with Crippen molar-refractivity contribution in [1.82, 2.24) is 39.9 Å². The number of para-hydroxylation sites is 4. The number of aromatic nitrogens is 8. The van der Waals surface area contributed by atoms with Crippen LogP contribution in [0.3, 0.4) is 0 Å². The molecule has 0 bridgehead atoms. The van der Waals surface area contributed by atoms with Crippen molar-refractivity contribution in [3.63, 3.8) is 0 Å². The lowest BCUT2D eigenvalue weighted by molar-refractivity contribution is 0.896. The number of benzene rings is 8. The average molecular weight is 1320 g/mol. The maximum Gasteiger partial charge on any atom is 0.258 e. The summed E-state index contributed by atoms with van der Waals surface area (Å²) in [5.74, 6) is 2.87. The Hall–Kier alpha value is -12.0. The van der Waals surface area contributed by atoms with Crippen LogP contribution in [0.2, 0.25) is 0 Å². The van der Waals surface area contributed by atoms with E-state index in [0.29, 0.717) is 47.2 Å². The second kappa shape index (κ2) is 31.0. The lowest BCUT2D eigenvalue weighted by Crippen LogP contribution is -2.12. The standard InChI is InChI=1S/4C21H19N3O/c1-14-5-4-6-15(13-14)18-11-9-16(22-18)10-12-20-23-19-8-3-2-7-17(19)21(25)24-20;2*1-14-6-2-3-7-16(14)19-12-10-15(22-19)11-13-20-23-18-9-5-4-8-17(18)21(25)24-20;1-14-6-8-15(9-7-14)18-12-10-16(22-18)11-13-20-23-19-5-3-2-4-17(19)21(25)24-20/h2-8,11,13H,9-10,12H2,1H3,(H,23,24,25);3*2-9,12H,10-11,13H2,1H3,(H,23,24,25). The molecule has 0 saturated heterocycles. The van der Waals surface area contributed by atoms with E-state index in [-0.39, 0.29) is 22.2 Å². The molecule has 16 heteroatoms. The van der Waals surface area contributed by atoms with E-state index >= 15 is 0 Å². The SMILES string of the molecule is Cc1ccc(C2=CCC(CCc3nc4ccccc4c(=O)[nH]3)=N2)cc1.Cc1cccc(C2=CCC(CCc3nc4ccccc4c(=O)[nH]3)=N2)c1.Cc1ccccc1C1=CCC(CCc2nc3ccccc3c(=O)[nH]2)=N1.Cc1ccccc1C1=CCC(CCc2nc3ccccc3c(=O)[nH]2)=N1. The van der Waals surface area contributed by atoms with Gasteiger partial charge in [0.05, 0.1) is 66.4 Å². The van der Waals surface area contributed by atoms with E-state index < -0.39 is 0 Å². The van der Waals surface area contributed by atoms with Crippen molar-refractivity contribution in [3.05, 3.63) is 328 Å². The largest absolute Gasteiger partial charge is 0.310 e. The molecular formula is C84H76N12O4. The molecule has 8 heterocycles. The van der Waals surface area contributed by atoms with Gasteiger partial charge in [-0.2, -0.15) is 0 Å². The summed E-state index contributed by atoms with van der Waals surface area (Å²) < 4.78 is 0. The monoisotopic (exact) mass is 1320 g/mol. The number of rotatable bonds is 16. The molecule has 0 radical (unpaired) electrons. The van der Waals surface area contributed by atoms with Crippen LogP contribution < -0.4 is 22.2 Å². The van der Waals surface area contributed by atoms with Crippen LogP contribution >= 0.6 is 0 Å². The minimum absolute atomic E-state index is 0.0762. The number of aliphatic imine (C=N–C) groups is 4. The topological polar surface area (TPSA) is 232 Å². The molecule has 0 fully saturated rings. The summed E-state index contributed by atoms with van der Waals surface area (Å²) in [5.41, 5.74) is 21.0. The first-order valence-electron chi connectivity index (χ1n) is 34.0. The van der Waals surface area contributed by atoms with Gasteiger partial charge in [0.1, 0.15) is 23.3 Å². The number of hydrogen-bond acceptors (Lipinski definition) is 12. The Balaban J connectivity index is 0.000000119. The van der Waals surface area contributed by atoms with E-state index in [0.717, 1.165) is 153 Å². The smallest absolute Gasteiger partial charge is 0.258 e. The molecule has 0 aliphatic carbocycles. The summed E-state index contributed by atoms with van der Waals surface area (Å²) >= 11 is 0. The van der Waals surface area contributed by atoms with Gasteiger partial charge >= 0.3 is 0 Å². The first kappa shape index (κ1) is 66.6. The van der Waals surface area contributed by atoms with E-state index in [1.807, 2.05) is 97.1 Å². The van der Waals surface area contributed by atoms with Gasteiger partial charge < -0.3 is 19.9 Å². The fourth-order valence-corrected chi connectivity index (χ4v) is 12.6. The highest BCUT2D eigenvalue weighted by Gasteiger charge is 2.18. The number of hydrogen-bond donors (Lipinski definition) is 4. The second-order valence-electron chi connectivity index (χ2n) is 25.4. The third kappa shape index (κ3) is 16.5. The fraction of sp³-hybridized carbons (Fsp3) is 0.190. The molecule has 12 aromatic rings. The Morgan fingerprint density at radius 1 is 0.290 bits per heavy atom. The lowest BCUT2D eigenvalue weighted by atomic mass is 10.1. The number of nitrogens with one attached hydrogen (secondary N) is 4. The van der Waals surface area contributed by atoms with Crippen LogP contribution in [0, 0.1) is 27.7 Å². The highest BCUT2D eigenvalue weighted by Crippen LogP contribution is 2.30. The van der Waals surface area contributed by atoms with Gasteiger partial charge in [-0.25, -0.2) is 19.9 Å².